The monoisotopic (exact) mass is 799 g/mol. The van der Waals surface area contributed by atoms with Crippen molar-refractivity contribution in [2.24, 2.45) is 0 Å². The minimum atomic E-state index is -0.461. The summed E-state index contributed by atoms with van der Waals surface area (Å²) in [6, 6.07) is 80.9. The number of nitrogens with zero attached hydrogens (tertiary/aromatic N) is 3. The Labute approximate surface area is 364 Å². The zero-order valence-electron chi connectivity index (χ0n) is 34.2. The van der Waals surface area contributed by atoms with Crippen LogP contribution in [0.25, 0.3) is 99.2 Å². The highest BCUT2D eigenvalue weighted by atomic mass is 14.8. The number of hydrogen-bond acceptors (Lipinski definition) is 3. The van der Waals surface area contributed by atoms with E-state index >= 15 is 0 Å². The Morgan fingerprint density at radius 3 is 1.46 bits per heavy atom. The second-order valence-electron chi connectivity index (χ2n) is 16.7. The molecule has 0 saturated heterocycles. The third-order valence-corrected chi connectivity index (χ3v) is 13.3. The summed E-state index contributed by atoms with van der Waals surface area (Å²) in [5, 5.41) is 7.93. The molecule has 9 aromatic carbocycles. The van der Waals surface area contributed by atoms with Gasteiger partial charge in [0.15, 0.2) is 0 Å². The molecule has 0 atom stereocenters. The van der Waals surface area contributed by atoms with Crippen molar-refractivity contribution in [2.75, 3.05) is 0 Å². The van der Waals surface area contributed by atoms with Crippen LogP contribution in [0.5, 0.6) is 0 Å². The minimum absolute atomic E-state index is 0.461. The molecule has 1 aliphatic carbocycles. The predicted octanol–water partition coefficient (Wildman–Crippen LogP) is 15.0. The maximum atomic E-state index is 5.51. The van der Waals surface area contributed by atoms with E-state index in [1.807, 2.05) is 6.07 Å². The van der Waals surface area contributed by atoms with Crippen LogP contribution in [-0.4, -0.2) is 15.0 Å². The smallest absolute Gasteiger partial charge is 0.0972 e. The zero-order chi connectivity index (χ0) is 41.5. The maximum absolute atomic E-state index is 5.51. The second-order valence-corrected chi connectivity index (χ2v) is 16.7. The third-order valence-electron chi connectivity index (χ3n) is 13.3. The van der Waals surface area contributed by atoms with E-state index in [-0.39, 0.29) is 0 Å². The summed E-state index contributed by atoms with van der Waals surface area (Å²) >= 11 is 0. The summed E-state index contributed by atoms with van der Waals surface area (Å²) in [5.41, 5.74) is 16.0. The Balaban J connectivity index is 0.999. The standard InChI is InChI=1S/C60H37N3/c1-4-14-38(15-5-1)53-32-26-39-24-25-40-27-33-55(63-59(40)58(39)62-53)46-29-28-45(49-36-41-16-10-11-17-42(41)37-50(46)49)54-34-30-48-56(61-54)35-31-52-57(48)47-22-12-13-23-51(47)60(52,43-18-6-2-7-19-43)44-20-8-3-9-21-44/h1-37H. The lowest BCUT2D eigenvalue weighted by molar-refractivity contribution is 0.769. The van der Waals surface area contributed by atoms with E-state index in [9.17, 15) is 0 Å². The quantitative estimate of drug-likeness (QED) is 0.129. The van der Waals surface area contributed by atoms with Crippen LogP contribution in [0.1, 0.15) is 22.3 Å². The summed E-state index contributed by atoms with van der Waals surface area (Å²) in [5.74, 6) is 0. The average Bonchev–Trinajstić information content (AvgIpc) is 3.67. The number of pyridine rings is 3. The summed E-state index contributed by atoms with van der Waals surface area (Å²) in [6.07, 6.45) is 0. The lowest BCUT2D eigenvalue weighted by Gasteiger charge is -2.33. The van der Waals surface area contributed by atoms with Crippen molar-refractivity contribution in [2.45, 2.75) is 5.41 Å². The molecular formula is C60H37N3. The average molecular weight is 800 g/mol. The first-order chi connectivity index (χ1) is 31.2. The van der Waals surface area contributed by atoms with Crippen LogP contribution in [0.2, 0.25) is 0 Å². The highest BCUT2D eigenvalue weighted by molar-refractivity contribution is 6.12. The van der Waals surface area contributed by atoms with Crippen LogP contribution in [0.15, 0.2) is 224 Å². The summed E-state index contributed by atoms with van der Waals surface area (Å²) < 4.78 is 0. The van der Waals surface area contributed by atoms with Gasteiger partial charge in [-0.15, -0.1) is 0 Å². The Bertz CT molecular complexity index is 3750. The Morgan fingerprint density at radius 1 is 0.302 bits per heavy atom. The fraction of sp³-hybridized carbons (Fsp3) is 0.0167. The van der Waals surface area contributed by atoms with E-state index in [2.05, 4.69) is 218 Å². The molecule has 0 saturated carbocycles. The minimum Gasteiger partial charge on any atom is -0.248 e. The van der Waals surface area contributed by atoms with Gasteiger partial charge in [-0.05, 0) is 91.3 Å². The molecule has 0 fully saturated rings. The van der Waals surface area contributed by atoms with Crippen molar-refractivity contribution in [3.8, 4) is 44.9 Å². The Morgan fingerprint density at radius 2 is 0.810 bits per heavy atom. The summed E-state index contributed by atoms with van der Waals surface area (Å²) in [6.45, 7) is 0. The fourth-order valence-electron chi connectivity index (χ4n) is 10.5. The van der Waals surface area contributed by atoms with E-state index in [0.717, 1.165) is 77.3 Å². The molecule has 0 unspecified atom stereocenters. The molecule has 12 aromatic rings. The molecule has 292 valence electrons. The van der Waals surface area contributed by atoms with Gasteiger partial charge in [-0.1, -0.05) is 188 Å². The Kier molecular flexibility index (Phi) is 7.82. The van der Waals surface area contributed by atoms with Gasteiger partial charge in [-0.2, -0.15) is 0 Å². The third kappa shape index (κ3) is 5.36. The van der Waals surface area contributed by atoms with E-state index in [1.165, 1.54) is 44.2 Å². The predicted molar refractivity (Wildman–Crippen MR) is 261 cm³/mol. The number of hydrogen-bond donors (Lipinski definition) is 0. The zero-order valence-corrected chi connectivity index (χ0v) is 34.2. The molecule has 13 rings (SSSR count). The summed E-state index contributed by atoms with van der Waals surface area (Å²) in [4.78, 5) is 16.1. The van der Waals surface area contributed by atoms with Gasteiger partial charge in [-0.25, -0.2) is 15.0 Å². The van der Waals surface area contributed by atoms with Crippen molar-refractivity contribution in [1.82, 2.24) is 15.0 Å². The van der Waals surface area contributed by atoms with Crippen LogP contribution in [-0.2, 0) is 5.41 Å². The van der Waals surface area contributed by atoms with Crippen molar-refractivity contribution in [1.29, 1.82) is 0 Å². The number of aromatic nitrogens is 3. The van der Waals surface area contributed by atoms with Crippen molar-refractivity contribution >= 4 is 54.3 Å². The van der Waals surface area contributed by atoms with Gasteiger partial charge in [0.1, 0.15) is 0 Å². The van der Waals surface area contributed by atoms with Gasteiger partial charge in [0.25, 0.3) is 0 Å². The van der Waals surface area contributed by atoms with Crippen LogP contribution in [0, 0.1) is 0 Å². The van der Waals surface area contributed by atoms with Gasteiger partial charge >= 0.3 is 0 Å². The van der Waals surface area contributed by atoms with Crippen LogP contribution >= 0.6 is 0 Å². The normalized spacial score (nSPS) is 12.9. The first-order valence-corrected chi connectivity index (χ1v) is 21.6. The number of benzene rings is 9. The van der Waals surface area contributed by atoms with Gasteiger partial charge < -0.3 is 0 Å². The molecule has 3 nitrogen and oxygen atoms in total. The van der Waals surface area contributed by atoms with E-state index in [1.54, 1.807) is 0 Å². The molecule has 0 N–H and O–H groups in total. The molecule has 0 amide bonds. The van der Waals surface area contributed by atoms with E-state index in [0.29, 0.717) is 0 Å². The van der Waals surface area contributed by atoms with Crippen LogP contribution in [0.4, 0.5) is 0 Å². The first kappa shape index (κ1) is 35.5. The largest absolute Gasteiger partial charge is 0.248 e. The SMILES string of the molecule is c1ccc(-c2ccc3ccc4ccc(-c5ccc(-c6ccc7c8c(ccc7n6)C(c6ccccc6)(c6ccccc6)c6ccccc6-8)c6cc7ccccc7cc56)nc4c3n2)cc1. The molecular weight excluding hydrogens is 763 g/mol. The molecule has 0 bridgehead atoms. The van der Waals surface area contributed by atoms with Crippen molar-refractivity contribution < 1.29 is 0 Å². The van der Waals surface area contributed by atoms with Gasteiger partial charge in [0, 0.05) is 32.8 Å². The molecule has 1 aliphatic rings. The van der Waals surface area contributed by atoms with Gasteiger partial charge in [0.05, 0.1) is 39.0 Å². The topological polar surface area (TPSA) is 38.7 Å². The van der Waals surface area contributed by atoms with Gasteiger partial charge in [-0.3, -0.25) is 0 Å². The van der Waals surface area contributed by atoms with Crippen molar-refractivity contribution in [3.05, 3.63) is 247 Å². The van der Waals surface area contributed by atoms with E-state index in [4.69, 9.17) is 15.0 Å². The van der Waals surface area contributed by atoms with Crippen molar-refractivity contribution in [3.63, 3.8) is 0 Å². The number of rotatable bonds is 5. The second kappa shape index (κ2) is 13.9. The number of fused-ring (bicyclic) bond motifs is 10. The van der Waals surface area contributed by atoms with Crippen LogP contribution < -0.4 is 0 Å². The molecule has 63 heavy (non-hydrogen) atoms. The molecule has 3 aromatic heterocycles. The maximum Gasteiger partial charge on any atom is 0.0972 e. The molecule has 0 aliphatic heterocycles. The molecule has 3 heterocycles. The fourth-order valence-corrected chi connectivity index (χ4v) is 10.5. The van der Waals surface area contributed by atoms with Crippen LogP contribution in [0.3, 0.4) is 0 Å². The Hall–Kier alpha value is -8.27. The lowest BCUT2D eigenvalue weighted by atomic mass is 9.67. The summed E-state index contributed by atoms with van der Waals surface area (Å²) in [7, 11) is 0. The van der Waals surface area contributed by atoms with E-state index < -0.39 is 5.41 Å². The van der Waals surface area contributed by atoms with Gasteiger partial charge in [0.2, 0.25) is 0 Å². The first-order valence-electron chi connectivity index (χ1n) is 21.6. The highest BCUT2D eigenvalue weighted by Crippen LogP contribution is 2.57. The molecule has 0 spiro atoms. The molecule has 0 radical (unpaired) electrons. The molecule has 3 heteroatoms. The highest BCUT2D eigenvalue weighted by Gasteiger charge is 2.46. The lowest BCUT2D eigenvalue weighted by Crippen LogP contribution is -2.28.